The lowest BCUT2D eigenvalue weighted by Gasteiger charge is -2.31. The van der Waals surface area contributed by atoms with Crippen LogP contribution in [-0.2, 0) is 45.4 Å². The number of fused-ring (bicyclic) bond motifs is 1. The Labute approximate surface area is 231 Å². The molecule has 9 heteroatoms. The van der Waals surface area contributed by atoms with E-state index >= 15 is 0 Å². The first-order valence-corrected chi connectivity index (χ1v) is 15.2. The predicted octanol–water partition coefficient (Wildman–Crippen LogP) is 5.33. The van der Waals surface area contributed by atoms with Crippen LogP contribution in [0.4, 0.5) is 0 Å². The van der Waals surface area contributed by atoms with Crippen molar-refractivity contribution in [3.05, 3.63) is 76.6 Å². The largest absolute Gasteiger partial charge is 0.481 e. The van der Waals surface area contributed by atoms with Gasteiger partial charge in [0, 0.05) is 6.54 Å². The van der Waals surface area contributed by atoms with Crippen LogP contribution in [0.5, 0.6) is 0 Å². The number of nitrogens with zero attached hydrogens (tertiary/aromatic N) is 3. The van der Waals surface area contributed by atoms with Gasteiger partial charge in [0.05, 0.1) is 34.5 Å². The Morgan fingerprint density at radius 2 is 1.95 bits per heavy atom. The lowest BCUT2D eigenvalue weighted by Crippen LogP contribution is -2.33. The number of hydrogen-bond donors (Lipinski definition) is 1. The summed E-state index contributed by atoms with van der Waals surface area (Å²) in [5.41, 5.74) is 2.83. The van der Waals surface area contributed by atoms with Gasteiger partial charge in [-0.3, -0.25) is 9.48 Å². The van der Waals surface area contributed by atoms with Crippen LogP contribution in [0.1, 0.15) is 74.6 Å². The van der Waals surface area contributed by atoms with Crippen molar-refractivity contribution in [1.82, 2.24) is 15.0 Å². The summed E-state index contributed by atoms with van der Waals surface area (Å²) in [6.45, 7) is 10.1. The van der Waals surface area contributed by atoms with E-state index in [4.69, 9.17) is 4.74 Å². The molecule has 4 rings (SSSR count). The van der Waals surface area contributed by atoms with Crippen molar-refractivity contribution in [3.63, 3.8) is 0 Å². The number of benzene rings is 2. The second-order valence-corrected chi connectivity index (χ2v) is 13.4. The van der Waals surface area contributed by atoms with Crippen LogP contribution < -0.4 is 0 Å². The maximum Gasteiger partial charge on any atom is 0.312 e. The van der Waals surface area contributed by atoms with Gasteiger partial charge in [0.25, 0.3) is 0 Å². The Kier molecular flexibility index (Phi) is 8.61. The van der Waals surface area contributed by atoms with Crippen molar-refractivity contribution >= 4 is 15.8 Å². The molecule has 1 aliphatic rings. The Balaban J connectivity index is 1.68. The number of sulfone groups is 1. The summed E-state index contributed by atoms with van der Waals surface area (Å²) in [7, 11) is -3.54. The Bertz CT molecular complexity index is 1430. The number of hydrogen-bond acceptors (Lipinski definition) is 6. The smallest absolute Gasteiger partial charge is 0.312 e. The van der Waals surface area contributed by atoms with E-state index in [0.717, 1.165) is 29.5 Å². The van der Waals surface area contributed by atoms with Crippen LogP contribution in [0.15, 0.2) is 53.6 Å². The fourth-order valence-electron chi connectivity index (χ4n) is 5.41. The Morgan fingerprint density at radius 1 is 1.21 bits per heavy atom. The molecular formula is C30H39N3O5S. The van der Waals surface area contributed by atoms with Crippen molar-refractivity contribution in [1.29, 1.82) is 0 Å². The predicted molar refractivity (Wildman–Crippen MR) is 149 cm³/mol. The molecule has 0 aliphatic carbocycles. The van der Waals surface area contributed by atoms with E-state index in [1.807, 2.05) is 44.2 Å². The van der Waals surface area contributed by atoms with Crippen molar-refractivity contribution in [2.24, 2.45) is 11.3 Å². The molecule has 3 aromatic rings. The number of aromatic nitrogens is 3. The van der Waals surface area contributed by atoms with Crippen molar-refractivity contribution < 1.29 is 23.1 Å². The molecule has 1 aromatic heterocycles. The molecule has 2 heterocycles. The van der Waals surface area contributed by atoms with E-state index in [0.29, 0.717) is 35.5 Å². The topological polar surface area (TPSA) is 111 Å². The zero-order valence-corrected chi connectivity index (χ0v) is 24.2. The van der Waals surface area contributed by atoms with E-state index < -0.39 is 32.6 Å². The van der Waals surface area contributed by atoms with Crippen molar-refractivity contribution in [3.8, 4) is 0 Å². The molecule has 0 spiro atoms. The molecule has 0 saturated heterocycles. The second kappa shape index (κ2) is 11.6. The third-order valence-corrected chi connectivity index (χ3v) is 10.3. The molecule has 1 unspecified atom stereocenters. The van der Waals surface area contributed by atoms with Gasteiger partial charge in [-0.15, -0.1) is 5.10 Å². The van der Waals surface area contributed by atoms with Crippen LogP contribution in [0, 0.1) is 18.3 Å². The van der Waals surface area contributed by atoms with Crippen LogP contribution in [0.3, 0.4) is 0 Å². The molecule has 0 amide bonds. The van der Waals surface area contributed by atoms with Crippen LogP contribution in [0.25, 0.3) is 0 Å². The van der Waals surface area contributed by atoms with E-state index in [-0.39, 0.29) is 12.5 Å². The summed E-state index contributed by atoms with van der Waals surface area (Å²) in [5.74, 6) is -0.712. The minimum absolute atomic E-state index is 0.108. The second-order valence-electron chi connectivity index (χ2n) is 11.2. The maximum absolute atomic E-state index is 13.8. The molecule has 0 bridgehead atoms. The first-order chi connectivity index (χ1) is 18.5. The fourth-order valence-corrected chi connectivity index (χ4v) is 7.48. The third kappa shape index (κ3) is 6.09. The highest BCUT2D eigenvalue weighted by atomic mass is 32.2. The van der Waals surface area contributed by atoms with Gasteiger partial charge >= 0.3 is 5.97 Å². The molecular weight excluding hydrogens is 514 g/mol. The van der Waals surface area contributed by atoms with Gasteiger partial charge in [0.2, 0.25) is 0 Å². The highest BCUT2D eigenvalue weighted by Crippen LogP contribution is 2.39. The standard InChI is InChI=1S/C30H39N3O5S/c1-6-21-14-22-10-8-9-11-27(22)39(36,37)26(15-21)17-24-16-23(13-12-20(24)3)28(30(4,5)29(34)35)38-19-25-18-33(7-2)32-31-25/h8-13,16,18,21,26,28H,6-7,14-15,17,19H2,1-5H3,(H,34,35)/t21-,26?,28-/m0/s1. The highest BCUT2D eigenvalue weighted by Gasteiger charge is 2.40. The number of aliphatic carboxylic acids is 1. The van der Waals surface area contributed by atoms with E-state index in [1.165, 1.54) is 0 Å². The monoisotopic (exact) mass is 553 g/mol. The maximum atomic E-state index is 13.8. The molecule has 0 radical (unpaired) electrons. The first-order valence-electron chi connectivity index (χ1n) is 13.6. The summed E-state index contributed by atoms with van der Waals surface area (Å²) >= 11 is 0. The van der Waals surface area contributed by atoms with Gasteiger partial charge in [0.15, 0.2) is 9.84 Å². The summed E-state index contributed by atoms with van der Waals surface area (Å²) in [6.07, 6.45) is 3.61. The summed E-state index contributed by atoms with van der Waals surface area (Å²) in [5, 5.41) is 17.7. The summed E-state index contributed by atoms with van der Waals surface area (Å²) < 4.78 is 35.6. The van der Waals surface area contributed by atoms with Gasteiger partial charge < -0.3 is 9.84 Å². The number of carboxylic acid groups (broad SMARTS) is 1. The average molecular weight is 554 g/mol. The van der Waals surface area contributed by atoms with Gasteiger partial charge in [-0.2, -0.15) is 0 Å². The highest BCUT2D eigenvalue weighted by molar-refractivity contribution is 7.92. The van der Waals surface area contributed by atoms with Crippen molar-refractivity contribution in [2.45, 2.75) is 89.7 Å². The zero-order valence-electron chi connectivity index (χ0n) is 23.4. The lowest BCUT2D eigenvalue weighted by molar-refractivity contribution is -0.158. The fraction of sp³-hybridized carbons (Fsp3) is 0.500. The summed E-state index contributed by atoms with van der Waals surface area (Å²) in [6, 6.07) is 13.1. The molecule has 8 nitrogen and oxygen atoms in total. The average Bonchev–Trinajstić information content (AvgIpc) is 3.33. The van der Waals surface area contributed by atoms with E-state index in [1.54, 1.807) is 36.9 Å². The Morgan fingerprint density at radius 3 is 2.62 bits per heavy atom. The molecule has 3 atom stereocenters. The van der Waals surface area contributed by atoms with Crippen LogP contribution in [-0.4, -0.2) is 39.7 Å². The number of carbonyl (C=O) groups is 1. The van der Waals surface area contributed by atoms with Gasteiger partial charge in [-0.05, 0) is 81.2 Å². The zero-order chi connectivity index (χ0) is 28.4. The number of aryl methyl sites for hydroxylation is 2. The molecule has 2 aromatic carbocycles. The SMILES string of the molecule is CC[C@H]1Cc2ccccc2S(=O)(=O)C(Cc2cc([C@H](OCc3cn(CC)nn3)C(C)(C)C(=O)O)ccc2C)C1. The molecule has 1 aliphatic heterocycles. The van der Waals surface area contributed by atoms with Gasteiger partial charge in [-0.25, -0.2) is 8.42 Å². The van der Waals surface area contributed by atoms with E-state index in [9.17, 15) is 18.3 Å². The van der Waals surface area contributed by atoms with E-state index in [2.05, 4.69) is 17.2 Å². The van der Waals surface area contributed by atoms with Crippen molar-refractivity contribution in [2.75, 3.05) is 0 Å². The van der Waals surface area contributed by atoms with Crippen LogP contribution >= 0.6 is 0 Å². The minimum Gasteiger partial charge on any atom is -0.481 e. The molecule has 0 fully saturated rings. The molecule has 39 heavy (non-hydrogen) atoms. The first kappa shape index (κ1) is 29.0. The molecule has 210 valence electrons. The minimum atomic E-state index is -3.54. The number of carboxylic acids is 1. The van der Waals surface area contributed by atoms with Crippen LogP contribution in [0.2, 0.25) is 0 Å². The number of ether oxygens (including phenoxy) is 1. The van der Waals surface area contributed by atoms with Gasteiger partial charge in [0.1, 0.15) is 5.69 Å². The molecule has 0 saturated carbocycles. The van der Waals surface area contributed by atoms with Gasteiger partial charge in [-0.1, -0.05) is 55.0 Å². The molecule has 1 N–H and O–H groups in total. The normalized spacial score (nSPS) is 19.7. The quantitative estimate of drug-likeness (QED) is 0.361. The third-order valence-electron chi connectivity index (χ3n) is 8.04. The summed E-state index contributed by atoms with van der Waals surface area (Å²) in [4.78, 5) is 12.7. The lowest BCUT2D eigenvalue weighted by atomic mass is 9.81. The Hall–Kier alpha value is -3.04. The number of rotatable bonds is 10.